The highest BCUT2D eigenvalue weighted by Gasteiger charge is 2.08. The van der Waals surface area contributed by atoms with Crippen LogP contribution in [0, 0.1) is 0 Å². The lowest BCUT2D eigenvalue weighted by molar-refractivity contribution is -0.136. The first-order chi connectivity index (χ1) is 10.5. The van der Waals surface area contributed by atoms with Crippen molar-refractivity contribution in [3.8, 4) is 0 Å². The molecule has 0 aliphatic rings. The number of hydrogen-bond acceptors (Lipinski definition) is 3. The number of halogens is 2. The fourth-order valence-corrected chi connectivity index (χ4v) is 2.03. The Bertz CT molecular complexity index is 691. The highest BCUT2D eigenvalue weighted by molar-refractivity contribution is 9.10. The second kappa shape index (κ2) is 7.92. The molecular weight excluding hydrogens is 368 g/mol. The molecule has 0 saturated carbocycles. The number of ether oxygens (including phenoxy) is 1. The molecule has 0 saturated heterocycles. The number of carbonyl (C=O) groups is 2. The number of benzene rings is 2. The maximum Gasteiger partial charge on any atom is 0.331 e. The Morgan fingerprint density at radius 3 is 2.32 bits per heavy atom. The summed E-state index contributed by atoms with van der Waals surface area (Å²) in [5.41, 5.74) is 1.32. The van der Waals surface area contributed by atoms with Crippen molar-refractivity contribution < 1.29 is 14.3 Å². The summed E-state index contributed by atoms with van der Waals surface area (Å²) in [4.78, 5) is 23.4. The van der Waals surface area contributed by atoms with Crippen molar-refractivity contribution in [3.63, 3.8) is 0 Å². The van der Waals surface area contributed by atoms with E-state index in [-0.39, 0.29) is 12.4 Å². The quantitative estimate of drug-likeness (QED) is 0.435. The standard InChI is InChI=1S/C17H12BrClO3/c18-14-6-4-13(5-7-14)16(20)11-22-17(21)10-3-12-1-8-15(19)9-2-12/h1-10H,11H2/b10-3+. The van der Waals surface area contributed by atoms with Crippen molar-refractivity contribution in [2.45, 2.75) is 0 Å². The minimum Gasteiger partial charge on any atom is -0.454 e. The van der Waals surface area contributed by atoms with Gasteiger partial charge in [0.05, 0.1) is 0 Å². The van der Waals surface area contributed by atoms with Gasteiger partial charge in [0.25, 0.3) is 0 Å². The lowest BCUT2D eigenvalue weighted by Crippen LogP contribution is -2.12. The van der Waals surface area contributed by atoms with E-state index in [1.807, 2.05) is 0 Å². The summed E-state index contributed by atoms with van der Waals surface area (Å²) in [6, 6.07) is 13.9. The summed E-state index contributed by atoms with van der Waals surface area (Å²) in [5, 5.41) is 0.625. The monoisotopic (exact) mass is 378 g/mol. The van der Waals surface area contributed by atoms with Gasteiger partial charge in [-0.3, -0.25) is 4.79 Å². The Labute approximate surface area is 141 Å². The van der Waals surface area contributed by atoms with Crippen LogP contribution in [0.3, 0.4) is 0 Å². The van der Waals surface area contributed by atoms with Gasteiger partial charge >= 0.3 is 5.97 Å². The van der Waals surface area contributed by atoms with Crippen LogP contribution in [0.5, 0.6) is 0 Å². The second-order valence-electron chi connectivity index (χ2n) is 4.42. The maximum atomic E-state index is 11.8. The van der Waals surface area contributed by atoms with Crippen LogP contribution in [0.15, 0.2) is 59.1 Å². The first-order valence-corrected chi connectivity index (χ1v) is 7.61. The summed E-state index contributed by atoms with van der Waals surface area (Å²) in [5.74, 6) is -0.818. The zero-order chi connectivity index (χ0) is 15.9. The molecule has 2 aromatic rings. The van der Waals surface area contributed by atoms with Crippen LogP contribution < -0.4 is 0 Å². The third kappa shape index (κ3) is 5.13. The van der Waals surface area contributed by atoms with Gasteiger partial charge in [0, 0.05) is 21.1 Å². The smallest absolute Gasteiger partial charge is 0.331 e. The van der Waals surface area contributed by atoms with Gasteiger partial charge in [-0.25, -0.2) is 4.79 Å². The van der Waals surface area contributed by atoms with E-state index < -0.39 is 5.97 Å². The molecule has 22 heavy (non-hydrogen) atoms. The Kier molecular flexibility index (Phi) is 5.92. The number of ketones is 1. The van der Waals surface area contributed by atoms with Crippen molar-refractivity contribution in [1.29, 1.82) is 0 Å². The van der Waals surface area contributed by atoms with E-state index in [4.69, 9.17) is 16.3 Å². The van der Waals surface area contributed by atoms with E-state index in [0.717, 1.165) is 10.0 Å². The van der Waals surface area contributed by atoms with E-state index in [1.54, 1.807) is 54.6 Å². The van der Waals surface area contributed by atoms with Gasteiger partial charge in [-0.2, -0.15) is 0 Å². The first kappa shape index (κ1) is 16.5. The Balaban J connectivity index is 1.86. The van der Waals surface area contributed by atoms with E-state index in [1.165, 1.54) is 6.08 Å². The molecule has 0 fully saturated rings. The molecule has 0 N–H and O–H groups in total. The number of esters is 1. The minimum absolute atomic E-state index is 0.249. The Morgan fingerprint density at radius 2 is 1.68 bits per heavy atom. The summed E-state index contributed by atoms with van der Waals surface area (Å²) in [6.07, 6.45) is 2.88. The number of carbonyl (C=O) groups excluding carboxylic acids is 2. The lowest BCUT2D eigenvalue weighted by atomic mass is 10.1. The van der Waals surface area contributed by atoms with Crippen molar-refractivity contribution in [1.82, 2.24) is 0 Å². The maximum absolute atomic E-state index is 11.8. The zero-order valence-corrected chi connectivity index (χ0v) is 13.8. The summed E-state index contributed by atoms with van der Waals surface area (Å²) in [7, 11) is 0. The fourth-order valence-electron chi connectivity index (χ4n) is 1.64. The van der Waals surface area contributed by atoms with Crippen LogP contribution in [0.25, 0.3) is 6.08 Å². The highest BCUT2D eigenvalue weighted by Crippen LogP contribution is 2.12. The van der Waals surface area contributed by atoms with Gasteiger partial charge in [-0.05, 0) is 35.9 Å². The van der Waals surface area contributed by atoms with Crippen LogP contribution in [-0.2, 0) is 9.53 Å². The van der Waals surface area contributed by atoms with Crippen molar-refractivity contribution in [3.05, 3.63) is 75.2 Å². The predicted molar refractivity (Wildman–Crippen MR) is 89.9 cm³/mol. The zero-order valence-electron chi connectivity index (χ0n) is 11.5. The molecule has 0 atom stereocenters. The van der Waals surface area contributed by atoms with Gasteiger partial charge in [-0.1, -0.05) is 51.8 Å². The van der Waals surface area contributed by atoms with E-state index in [9.17, 15) is 9.59 Å². The number of rotatable bonds is 5. The van der Waals surface area contributed by atoms with Crippen molar-refractivity contribution in [2.24, 2.45) is 0 Å². The van der Waals surface area contributed by atoms with Gasteiger partial charge in [0.2, 0.25) is 0 Å². The molecule has 0 aromatic heterocycles. The lowest BCUT2D eigenvalue weighted by Gasteiger charge is -2.02. The molecule has 0 radical (unpaired) electrons. The molecule has 0 amide bonds. The second-order valence-corrected chi connectivity index (χ2v) is 5.77. The summed E-state index contributed by atoms with van der Waals surface area (Å²) in [6.45, 7) is -0.286. The molecule has 0 spiro atoms. The van der Waals surface area contributed by atoms with Crippen LogP contribution in [-0.4, -0.2) is 18.4 Å². The van der Waals surface area contributed by atoms with E-state index >= 15 is 0 Å². The third-order valence-corrected chi connectivity index (χ3v) is 3.57. The Morgan fingerprint density at radius 1 is 1.05 bits per heavy atom. The normalized spacial score (nSPS) is 10.6. The van der Waals surface area contributed by atoms with Gasteiger partial charge < -0.3 is 4.74 Å². The molecule has 0 aliphatic heterocycles. The highest BCUT2D eigenvalue weighted by atomic mass is 79.9. The van der Waals surface area contributed by atoms with Crippen LogP contribution in [0.2, 0.25) is 5.02 Å². The molecule has 2 aromatic carbocycles. The van der Waals surface area contributed by atoms with E-state index in [2.05, 4.69) is 15.9 Å². The third-order valence-electron chi connectivity index (χ3n) is 2.79. The van der Waals surface area contributed by atoms with Gasteiger partial charge in [0.1, 0.15) is 0 Å². The molecule has 0 bridgehead atoms. The van der Waals surface area contributed by atoms with Gasteiger partial charge in [-0.15, -0.1) is 0 Å². The number of hydrogen-bond donors (Lipinski definition) is 0. The minimum atomic E-state index is -0.569. The summed E-state index contributed by atoms with van der Waals surface area (Å²) < 4.78 is 5.80. The van der Waals surface area contributed by atoms with Gasteiger partial charge in [0.15, 0.2) is 12.4 Å². The molecule has 0 aliphatic carbocycles. The average molecular weight is 380 g/mol. The SMILES string of the molecule is O=C(/C=C/c1ccc(Cl)cc1)OCC(=O)c1ccc(Br)cc1. The molecule has 5 heteroatoms. The summed E-state index contributed by atoms with van der Waals surface area (Å²) >= 11 is 9.06. The molecule has 2 rings (SSSR count). The molecular formula is C17H12BrClO3. The fraction of sp³-hybridized carbons (Fsp3) is 0.0588. The first-order valence-electron chi connectivity index (χ1n) is 6.44. The van der Waals surface area contributed by atoms with E-state index in [0.29, 0.717) is 10.6 Å². The van der Waals surface area contributed by atoms with Crippen LogP contribution in [0.1, 0.15) is 15.9 Å². The predicted octanol–water partition coefficient (Wildman–Crippen LogP) is 4.54. The van der Waals surface area contributed by atoms with Crippen molar-refractivity contribution in [2.75, 3.05) is 6.61 Å². The molecule has 0 unspecified atom stereocenters. The molecule has 112 valence electrons. The molecule has 0 heterocycles. The topological polar surface area (TPSA) is 43.4 Å². The largest absolute Gasteiger partial charge is 0.454 e. The van der Waals surface area contributed by atoms with Crippen LogP contribution >= 0.6 is 27.5 Å². The molecule has 3 nitrogen and oxygen atoms in total. The number of Topliss-reactive ketones (excluding diaryl/α,β-unsaturated/α-hetero) is 1. The van der Waals surface area contributed by atoms with Crippen LogP contribution in [0.4, 0.5) is 0 Å². The Hall–Kier alpha value is -1.91. The van der Waals surface area contributed by atoms with Crippen molar-refractivity contribution >= 4 is 45.4 Å². The average Bonchev–Trinajstić information content (AvgIpc) is 2.52.